The van der Waals surface area contributed by atoms with Crippen LogP contribution in [0, 0.1) is 13.8 Å². The second-order valence-electron chi connectivity index (χ2n) is 5.82. The van der Waals surface area contributed by atoms with Gasteiger partial charge in [-0.3, -0.25) is 9.80 Å². The van der Waals surface area contributed by atoms with Gasteiger partial charge in [0.25, 0.3) is 0 Å². The minimum absolute atomic E-state index is 0.583. The third-order valence-electron chi connectivity index (χ3n) is 4.14. The third kappa shape index (κ3) is 2.75. The molecule has 126 valence electrons. The van der Waals surface area contributed by atoms with E-state index in [4.69, 9.17) is 27.8 Å². The molecule has 1 aliphatic heterocycles. The maximum Gasteiger partial charge on any atom is 0.227 e. The zero-order valence-electron chi connectivity index (χ0n) is 13.6. The summed E-state index contributed by atoms with van der Waals surface area (Å²) in [6.07, 6.45) is 3.78. The van der Waals surface area contributed by atoms with E-state index < -0.39 is 0 Å². The van der Waals surface area contributed by atoms with Gasteiger partial charge >= 0.3 is 0 Å². The number of nitrogens with zero attached hydrogens (tertiary/aromatic N) is 4. The van der Waals surface area contributed by atoms with Gasteiger partial charge < -0.3 is 0 Å². The van der Waals surface area contributed by atoms with Gasteiger partial charge in [0.15, 0.2) is 0 Å². The summed E-state index contributed by atoms with van der Waals surface area (Å²) in [5, 5.41) is 9.49. The predicted molar refractivity (Wildman–Crippen MR) is 100 cm³/mol. The highest BCUT2D eigenvalue weighted by Gasteiger charge is 2.27. The Balaban J connectivity index is 1.76. The van der Waals surface area contributed by atoms with Crippen LogP contribution in [0.4, 0.5) is 23.0 Å². The van der Waals surface area contributed by atoms with E-state index in [-0.39, 0.29) is 0 Å². The van der Waals surface area contributed by atoms with Crippen LogP contribution in [0.5, 0.6) is 0 Å². The van der Waals surface area contributed by atoms with Crippen molar-refractivity contribution in [2.75, 3.05) is 9.80 Å². The monoisotopic (exact) mass is 372 g/mol. The molecule has 0 unspecified atom stereocenters. The molecule has 7 heteroatoms. The molecule has 0 amide bonds. The maximum atomic E-state index is 6.26. The Hall–Kier alpha value is -2.50. The summed E-state index contributed by atoms with van der Waals surface area (Å²) in [5.41, 5.74) is 3.79. The van der Waals surface area contributed by atoms with Crippen LogP contribution in [0.3, 0.4) is 0 Å². The zero-order valence-corrected chi connectivity index (χ0v) is 15.1. The summed E-state index contributed by atoms with van der Waals surface area (Å²) in [5.74, 6) is 1.17. The molecule has 25 heavy (non-hydrogen) atoms. The lowest BCUT2D eigenvalue weighted by molar-refractivity contribution is 0.309. The van der Waals surface area contributed by atoms with Crippen LogP contribution < -0.4 is 9.80 Å². The predicted octanol–water partition coefficient (Wildman–Crippen LogP) is 5.75. The average Bonchev–Trinajstić information content (AvgIpc) is 3.09. The SMILES string of the molecule is Cc1ccc(N2C=CN(c3ccc(C)c(Cl)c3)c3nonc32)cc1Cl. The highest BCUT2D eigenvalue weighted by Crippen LogP contribution is 2.40. The van der Waals surface area contributed by atoms with Gasteiger partial charge in [-0.15, -0.1) is 0 Å². The van der Waals surface area contributed by atoms with E-state index in [2.05, 4.69) is 10.3 Å². The van der Waals surface area contributed by atoms with E-state index in [0.29, 0.717) is 21.7 Å². The molecule has 0 atom stereocenters. The fraction of sp³-hybridized carbons (Fsp3) is 0.111. The van der Waals surface area contributed by atoms with Crippen molar-refractivity contribution in [3.05, 3.63) is 70.0 Å². The summed E-state index contributed by atoms with van der Waals surface area (Å²) in [6.45, 7) is 3.92. The van der Waals surface area contributed by atoms with Crippen molar-refractivity contribution < 1.29 is 4.63 Å². The molecular formula is C18H14Cl2N4O. The fourth-order valence-electron chi connectivity index (χ4n) is 2.64. The van der Waals surface area contributed by atoms with Gasteiger partial charge in [-0.1, -0.05) is 35.3 Å². The number of fused-ring (bicyclic) bond motifs is 1. The molecule has 0 bridgehead atoms. The Kier molecular flexibility index (Phi) is 3.90. The van der Waals surface area contributed by atoms with Crippen molar-refractivity contribution >= 4 is 46.2 Å². The number of aryl methyl sites for hydroxylation is 2. The van der Waals surface area contributed by atoms with E-state index >= 15 is 0 Å². The van der Waals surface area contributed by atoms with Crippen molar-refractivity contribution in [2.45, 2.75) is 13.8 Å². The Morgan fingerprint density at radius 2 is 1.20 bits per heavy atom. The lowest BCUT2D eigenvalue weighted by Gasteiger charge is -2.28. The number of hydrogen-bond donors (Lipinski definition) is 0. The van der Waals surface area contributed by atoms with Gasteiger partial charge in [0, 0.05) is 33.8 Å². The first kappa shape index (κ1) is 16.0. The van der Waals surface area contributed by atoms with Gasteiger partial charge in [0.2, 0.25) is 11.6 Å². The van der Waals surface area contributed by atoms with E-state index in [1.807, 2.05) is 72.4 Å². The van der Waals surface area contributed by atoms with E-state index in [1.165, 1.54) is 0 Å². The molecule has 0 aliphatic carbocycles. The summed E-state index contributed by atoms with van der Waals surface area (Å²) in [6, 6.07) is 11.6. The van der Waals surface area contributed by atoms with Crippen molar-refractivity contribution in [3.8, 4) is 0 Å². The second-order valence-corrected chi connectivity index (χ2v) is 6.63. The quantitative estimate of drug-likeness (QED) is 0.572. The average molecular weight is 373 g/mol. The Morgan fingerprint density at radius 1 is 0.760 bits per heavy atom. The topological polar surface area (TPSA) is 45.4 Å². The number of hydrogen-bond acceptors (Lipinski definition) is 5. The lowest BCUT2D eigenvalue weighted by Crippen LogP contribution is -2.21. The van der Waals surface area contributed by atoms with E-state index in [1.54, 1.807) is 0 Å². The first-order valence-corrected chi connectivity index (χ1v) is 8.42. The minimum atomic E-state index is 0.583. The van der Waals surface area contributed by atoms with Crippen molar-refractivity contribution in [1.29, 1.82) is 0 Å². The first-order valence-electron chi connectivity index (χ1n) is 7.66. The van der Waals surface area contributed by atoms with Crippen molar-refractivity contribution in [1.82, 2.24) is 10.3 Å². The summed E-state index contributed by atoms with van der Waals surface area (Å²) < 4.78 is 4.99. The van der Waals surface area contributed by atoms with Crippen LogP contribution in [0.25, 0.3) is 0 Å². The van der Waals surface area contributed by atoms with Gasteiger partial charge in [0.1, 0.15) is 0 Å². The molecule has 0 N–H and O–H groups in total. The molecule has 0 fully saturated rings. The Labute approximate surface area is 155 Å². The smallest absolute Gasteiger partial charge is 0.227 e. The largest absolute Gasteiger partial charge is 0.294 e. The van der Waals surface area contributed by atoms with Crippen LogP contribution in [0.1, 0.15) is 11.1 Å². The van der Waals surface area contributed by atoms with Crippen molar-refractivity contribution in [3.63, 3.8) is 0 Å². The van der Waals surface area contributed by atoms with Gasteiger partial charge in [-0.2, -0.15) is 0 Å². The normalized spacial score (nSPS) is 13.3. The molecule has 4 rings (SSSR count). The Bertz CT molecular complexity index is 907. The molecule has 2 aromatic carbocycles. The number of rotatable bonds is 2. The van der Waals surface area contributed by atoms with Crippen LogP contribution in [-0.4, -0.2) is 10.3 Å². The molecular weight excluding hydrogens is 359 g/mol. The zero-order chi connectivity index (χ0) is 17.6. The van der Waals surface area contributed by atoms with Crippen LogP contribution >= 0.6 is 23.2 Å². The van der Waals surface area contributed by atoms with Crippen LogP contribution in [-0.2, 0) is 0 Å². The van der Waals surface area contributed by atoms with Crippen LogP contribution in [0.2, 0.25) is 10.0 Å². The van der Waals surface area contributed by atoms with Crippen LogP contribution in [0.15, 0.2) is 53.4 Å². The molecule has 1 aliphatic rings. The summed E-state index contributed by atoms with van der Waals surface area (Å²) in [7, 11) is 0. The molecule has 0 spiro atoms. The van der Waals surface area contributed by atoms with Gasteiger partial charge in [-0.05, 0) is 59.6 Å². The highest BCUT2D eigenvalue weighted by molar-refractivity contribution is 6.32. The standard InChI is InChI=1S/C18H14Cl2N4O/c1-11-3-5-13(9-15(11)19)23-7-8-24(18-17(23)21-25-22-18)14-6-4-12(2)16(20)10-14/h3-10H,1-2H3. The number of benzene rings is 2. The fourth-order valence-corrected chi connectivity index (χ4v) is 2.99. The van der Waals surface area contributed by atoms with E-state index in [9.17, 15) is 0 Å². The van der Waals surface area contributed by atoms with Gasteiger partial charge in [0.05, 0.1) is 0 Å². The number of aromatic nitrogens is 2. The molecule has 1 aromatic heterocycles. The molecule has 3 aromatic rings. The highest BCUT2D eigenvalue weighted by atomic mass is 35.5. The summed E-state index contributed by atoms with van der Waals surface area (Å²) >= 11 is 12.5. The first-order chi connectivity index (χ1) is 12.0. The number of halogens is 2. The number of anilines is 4. The molecule has 0 radical (unpaired) electrons. The summed E-state index contributed by atoms with van der Waals surface area (Å²) in [4.78, 5) is 3.76. The molecule has 0 saturated carbocycles. The second kappa shape index (κ2) is 6.10. The van der Waals surface area contributed by atoms with E-state index in [0.717, 1.165) is 22.5 Å². The molecule has 2 heterocycles. The lowest BCUT2D eigenvalue weighted by atomic mass is 10.2. The molecule has 0 saturated heterocycles. The molecule has 5 nitrogen and oxygen atoms in total. The van der Waals surface area contributed by atoms with Gasteiger partial charge in [-0.25, -0.2) is 4.63 Å². The van der Waals surface area contributed by atoms with Crippen molar-refractivity contribution in [2.24, 2.45) is 0 Å². The Morgan fingerprint density at radius 3 is 1.60 bits per heavy atom. The third-order valence-corrected chi connectivity index (χ3v) is 4.96. The maximum absolute atomic E-state index is 6.26. The minimum Gasteiger partial charge on any atom is -0.294 e.